The zero-order valence-corrected chi connectivity index (χ0v) is 11.9. The standard InChI is InChI=1S/C16H23N3/c1-16(9-5-6-10-16)15(17)11-13-12-7-3-4-8-14(12)19(2)18-13/h3-4,7-8,15H,5-6,9-11,17H2,1-2H3. The van der Waals surface area contributed by atoms with Gasteiger partial charge in [-0.15, -0.1) is 0 Å². The Kier molecular flexibility index (Phi) is 3.09. The first-order valence-corrected chi connectivity index (χ1v) is 7.26. The summed E-state index contributed by atoms with van der Waals surface area (Å²) in [4.78, 5) is 0. The normalized spacial score (nSPS) is 19.9. The summed E-state index contributed by atoms with van der Waals surface area (Å²) >= 11 is 0. The highest BCUT2D eigenvalue weighted by Gasteiger charge is 2.35. The first-order chi connectivity index (χ1) is 9.10. The highest BCUT2D eigenvalue weighted by Crippen LogP contribution is 2.40. The lowest BCUT2D eigenvalue weighted by atomic mass is 9.79. The highest BCUT2D eigenvalue weighted by atomic mass is 15.3. The molecule has 1 unspecified atom stereocenters. The van der Waals surface area contributed by atoms with Crippen molar-refractivity contribution in [2.75, 3.05) is 0 Å². The molecule has 2 N–H and O–H groups in total. The van der Waals surface area contributed by atoms with Crippen molar-refractivity contribution in [3.63, 3.8) is 0 Å². The molecule has 1 fully saturated rings. The summed E-state index contributed by atoms with van der Waals surface area (Å²) < 4.78 is 1.97. The van der Waals surface area contributed by atoms with Gasteiger partial charge in [-0.2, -0.15) is 5.10 Å². The molecule has 0 spiro atoms. The van der Waals surface area contributed by atoms with Crippen LogP contribution in [0.25, 0.3) is 10.9 Å². The van der Waals surface area contributed by atoms with E-state index >= 15 is 0 Å². The molecule has 1 atom stereocenters. The van der Waals surface area contributed by atoms with Crippen LogP contribution in [-0.4, -0.2) is 15.8 Å². The molecule has 0 aliphatic heterocycles. The van der Waals surface area contributed by atoms with Crippen LogP contribution < -0.4 is 5.73 Å². The summed E-state index contributed by atoms with van der Waals surface area (Å²) in [6, 6.07) is 8.63. The fourth-order valence-electron chi connectivity index (χ4n) is 3.45. The van der Waals surface area contributed by atoms with Crippen molar-refractivity contribution < 1.29 is 0 Å². The minimum atomic E-state index is 0.216. The average molecular weight is 257 g/mol. The van der Waals surface area contributed by atoms with E-state index in [0.29, 0.717) is 5.41 Å². The third-order valence-electron chi connectivity index (χ3n) is 4.89. The van der Waals surface area contributed by atoms with Crippen LogP contribution in [0.5, 0.6) is 0 Å². The van der Waals surface area contributed by atoms with E-state index < -0.39 is 0 Å². The van der Waals surface area contributed by atoms with E-state index in [1.807, 2.05) is 11.7 Å². The van der Waals surface area contributed by atoms with Crippen molar-refractivity contribution in [1.29, 1.82) is 0 Å². The molecule has 0 saturated heterocycles. The second kappa shape index (κ2) is 4.64. The number of aryl methyl sites for hydroxylation is 1. The fraction of sp³-hybridized carbons (Fsp3) is 0.562. The van der Waals surface area contributed by atoms with Crippen molar-refractivity contribution in [2.24, 2.45) is 18.2 Å². The molecule has 1 aliphatic carbocycles. The molecular formula is C16H23N3. The molecule has 19 heavy (non-hydrogen) atoms. The maximum atomic E-state index is 6.50. The number of rotatable bonds is 3. The Balaban J connectivity index is 1.89. The summed E-state index contributed by atoms with van der Waals surface area (Å²) in [5.41, 5.74) is 9.15. The Labute approximate surface area is 114 Å². The van der Waals surface area contributed by atoms with E-state index in [1.54, 1.807) is 0 Å². The molecule has 3 rings (SSSR count). The molecule has 2 aromatic rings. The fourth-order valence-corrected chi connectivity index (χ4v) is 3.45. The molecule has 1 aliphatic rings. The number of para-hydroxylation sites is 1. The largest absolute Gasteiger partial charge is 0.327 e. The van der Waals surface area contributed by atoms with Crippen LogP contribution in [0, 0.1) is 5.41 Å². The Morgan fingerprint density at radius 2 is 2.00 bits per heavy atom. The van der Waals surface area contributed by atoms with E-state index in [-0.39, 0.29) is 6.04 Å². The Morgan fingerprint density at radius 1 is 1.32 bits per heavy atom. The molecule has 0 radical (unpaired) electrons. The Morgan fingerprint density at radius 3 is 2.74 bits per heavy atom. The number of hydrogen-bond donors (Lipinski definition) is 1. The summed E-state index contributed by atoms with van der Waals surface area (Å²) in [5, 5.41) is 5.92. The lowest BCUT2D eigenvalue weighted by Gasteiger charge is -2.30. The molecule has 102 valence electrons. The van der Waals surface area contributed by atoms with Crippen LogP contribution >= 0.6 is 0 Å². The predicted octanol–water partition coefficient (Wildman–Crippen LogP) is 3.02. The topological polar surface area (TPSA) is 43.8 Å². The summed E-state index contributed by atoms with van der Waals surface area (Å²) in [6.07, 6.45) is 6.07. The van der Waals surface area contributed by atoms with Gasteiger partial charge >= 0.3 is 0 Å². The maximum absolute atomic E-state index is 6.50. The SMILES string of the molecule is Cn1nc(CC(N)C2(C)CCCC2)c2ccccc21. The molecule has 1 saturated carbocycles. The minimum absolute atomic E-state index is 0.216. The summed E-state index contributed by atoms with van der Waals surface area (Å²) in [6.45, 7) is 2.34. The smallest absolute Gasteiger partial charge is 0.0718 e. The number of hydrogen-bond acceptors (Lipinski definition) is 2. The number of aromatic nitrogens is 2. The molecule has 1 aromatic heterocycles. The summed E-state index contributed by atoms with van der Waals surface area (Å²) in [7, 11) is 2.01. The van der Waals surface area contributed by atoms with Gasteiger partial charge in [0.2, 0.25) is 0 Å². The molecule has 0 bridgehead atoms. The first kappa shape index (κ1) is 12.7. The van der Waals surface area contributed by atoms with Gasteiger partial charge in [-0.3, -0.25) is 4.68 Å². The van der Waals surface area contributed by atoms with E-state index in [0.717, 1.165) is 12.1 Å². The van der Waals surface area contributed by atoms with Gasteiger partial charge in [-0.1, -0.05) is 38.0 Å². The lowest BCUT2D eigenvalue weighted by molar-refractivity contribution is 0.259. The average Bonchev–Trinajstić information content (AvgIpc) is 2.97. The second-order valence-corrected chi connectivity index (χ2v) is 6.26. The van der Waals surface area contributed by atoms with Crippen molar-refractivity contribution >= 4 is 10.9 Å². The zero-order chi connectivity index (χ0) is 13.5. The number of nitrogens with two attached hydrogens (primary N) is 1. The van der Waals surface area contributed by atoms with Crippen molar-refractivity contribution in [3.8, 4) is 0 Å². The van der Waals surface area contributed by atoms with Gasteiger partial charge < -0.3 is 5.73 Å². The molecule has 0 amide bonds. The van der Waals surface area contributed by atoms with Gasteiger partial charge in [0.25, 0.3) is 0 Å². The lowest BCUT2D eigenvalue weighted by Crippen LogP contribution is -2.39. The third-order valence-corrected chi connectivity index (χ3v) is 4.89. The van der Waals surface area contributed by atoms with Crippen LogP contribution in [-0.2, 0) is 13.5 Å². The monoisotopic (exact) mass is 257 g/mol. The van der Waals surface area contributed by atoms with Crippen LogP contribution in [0.3, 0.4) is 0 Å². The molecule has 1 heterocycles. The van der Waals surface area contributed by atoms with E-state index in [4.69, 9.17) is 5.73 Å². The molecule has 3 nitrogen and oxygen atoms in total. The van der Waals surface area contributed by atoms with Gasteiger partial charge in [0.15, 0.2) is 0 Å². The van der Waals surface area contributed by atoms with E-state index in [1.165, 1.54) is 36.6 Å². The van der Waals surface area contributed by atoms with E-state index in [9.17, 15) is 0 Å². The van der Waals surface area contributed by atoms with Gasteiger partial charge in [0, 0.05) is 24.9 Å². The van der Waals surface area contributed by atoms with Crippen molar-refractivity contribution in [2.45, 2.75) is 45.1 Å². The molecular weight excluding hydrogens is 234 g/mol. The Hall–Kier alpha value is -1.35. The second-order valence-electron chi connectivity index (χ2n) is 6.26. The van der Waals surface area contributed by atoms with Crippen LogP contribution in [0.1, 0.15) is 38.3 Å². The van der Waals surface area contributed by atoms with Crippen LogP contribution in [0.15, 0.2) is 24.3 Å². The van der Waals surface area contributed by atoms with Crippen LogP contribution in [0.4, 0.5) is 0 Å². The quantitative estimate of drug-likeness (QED) is 0.918. The Bertz CT molecular complexity index is 579. The van der Waals surface area contributed by atoms with Gasteiger partial charge in [-0.05, 0) is 24.3 Å². The number of benzene rings is 1. The van der Waals surface area contributed by atoms with Gasteiger partial charge in [0.1, 0.15) is 0 Å². The molecule has 3 heteroatoms. The van der Waals surface area contributed by atoms with Gasteiger partial charge in [0.05, 0.1) is 11.2 Å². The zero-order valence-electron chi connectivity index (χ0n) is 11.9. The van der Waals surface area contributed by atoms with Crippen molar-refractivity contribution in [3.05, 3.63) is 30.0 Å². The summed E-state index contributed by atoms with van der Waals surface area (Å²) in [5.74, 6) is 0. The highest BCUT2D eigenvalue weighted by molar-refractivity contribution is 5.81. The minimum Gasteiger partial charge on any atom is -0.327 e. The molecule has 1 aromatic carbocycles. The van der Waals surface area contributed by atoms with Gasteiger partial charge in [-0.25, -0.2) is 0 Å². The first-order valence-electron chi connectivity index (χ1n) is 7.26. The van der Waals surface area contributed by atoms with Crippen LogP contribution in [0.2, 0.25) is 0 Å². The predicted molar refractivity (Wildman–Crippen MR) is 79.0 cm³/mol. The van der Waals surface area contributed by atoms with Crippen molar-refractivity contribution in [1.82, 2.24) is 9.78 Å². The maximum Gasteiger partial charge on any atom is 0.0718 e. The number of nitrogens with zero attached hydrogens (tertiary/aromatic N) is 2. The number of fused-ring (bicyclic) bond motifs is 1. The third kappa shape index (κ3) is 2.16. The van der Waals surface area contributed by atoms with E-state index in [2.05, 4.69) is 36.3 Å².